The highest BCUT2D eigenvalue weighted by atomic mass is 35.5. The summed E-state index contributed by atoms with van der Waals surface area (Å²) in [5.74, 6) is -0.615. The van der Waals surface area contributed by atoms with Gasteiger partial charge in [-0.15, -0.1) is 0 Å². The molecule has 5 heteroatoms. The smallest absolute Gasteiger partial charge is 0.336 e. The van der Waals surface area contributed by atoms with Crippen LogP contribution in [-0.4, -0.2) is 11.1 Å². The Morgan fingerprint density at radius 1 is 1.12 bits per heavy atom. The quantitative estimate of drug-likeness (QED) is 0.694. The van der Waals surface area contributed by atoms with Crippen molar-refractivity contribution in [3.05, 3.63) is 75.3 Å². The summed E-state index contributed by atoms with van der Waals surface area (Å²) in [5.41, 5.74) is 2.96. The molecule has 0 radical (unpaired) electrons. The number of nitrogens with one attached hydrogen (secondary N) is 1. The Hall–Kier alpha value is -1.97. The summed E-state index contributed by atoms with van der Waals surface area (Å²) < 4.78 is 0. The Balaban J connectivity index is 1.86. The van der Waals surface area contributed by atoms with Crippen molar-refractivity contribution < 1.29 is 9.90 Å². The molecule has 4 rings (SSSR count). The standard InChI is InChI=1S/C19H15Cl2NO2/c20-11-6-4-10(5-7-11)17-13-3-1-2-12(13)16-14(19(23)24)8-9-15(21)18(16)22-17/h1-2,4-9,12-13,17,22H,3H2,(H,23,24). The molecule has 2 aromatic carbocycles. The number of hydrogen-bond donors (Lipinski definition) is 2. The minimum Gasteiger partial charge on any atom is -0.478 e. The zero-order chi connectivity index (χ0) is 16.8. The van der Waals surface area contributed by atoms with Crippen LogP contribution < -0.4 is 5.32 Å². The summed E-state index contributed by atoms with van der Waals surface area (Å²) in [6, 6.07) is 11.1. The molecule has 3 atom stereocenters. The molecule has 0 saturated carbocycles. The number of aromatic carboxylic acids is 1. The van der Waals surface area contributed by atoms with Gasteiger partial charge in [-0.3, -0.25) is 0 Å². The summed E-state index contributed by atoms with van der Waals surface area (Å²) in [5, 5.41) is 14.3. The van der Waals surface area contributed by atoms with Gasteiger partial charge in [0.15, 0.2) is 0 Å². The second-order valence-electron chi connectivity index (χ2n) is 6.22. The molecule has 3 nitrogen and oxygen atoms in total. The number of hydrogen-bond acceptors (Lipinski definition) is 2. The molecular formula is C19H15Cl2NO2. The van der Waals surface area contributed by atoms with Gasteiger partial charge in [0.05, 0.1) is 22.3 Å². The van der Waals surface area contributed by atoms with Gasteiger partial charge in [-0.05, 0) is 47.7 Å². The number of benzene rings is 2. The van der Waals surface area contributed by atoms with Crippen molar-refractivity contribution in [3.8, 4) is 0 Å². The van der Waals surface area contributed by atoms with Gasteiger partial charge in [0.2, 0.25) is 0 Å². The molecule has 2 N–H and O–H groups in total. The van der Waals surface area contributed by atoms with Crippen LogP contribution in [0.4, 0.5) is 5.69 Å². The van der Waals surface area contributed by atoms with Crippen LogP contribution in [0.5, 0.6) is 0 Å². The first-order valence-electron chi connectivity index (χ1n) is 7.80. The molecule has 24 heavy (non-hydrogen) atoms. The molecule has 1 heterocycles. The maximum atomic E-state index is 11.7. The van der Waals surface area contributed by atoms with E-state index in [9.17, 15) is 9.90 Å². The maximum absolute atomic E-state index is 11.7. The average molecular weight is 360 g/mol. The highest BCUT2D eigenvalue weighted by Crippen LogP contribution is 2.52. The molecule has 3 unspecified atom stereocenters. The lowest BCUT2D eigenvalue weighted by Crippen LogP contribution is -2.30. The third-order valence-corrected chi connectivity index (χ3v) is 5.50. The Morgan fingerprint density at radius 2 is 1.88 bits per heavy atom. The van der Waals surface area contributed by atoms with Gasteiger partial charge in [0.25, 0.3) is 0 Å². The first-order valence-corrected chi connectivity index (χ1v) is 8.56. The fourth-order valence-corrected chi connectivity index (χ4v) is 4.21. The fourth-order valence-electron chi connectivity index (χ4n) is 3.86. The van der Waals surface area contributed by atoms with Crippen LogP contribution in [0.2, 0.25) is 10.0 Å². The number of halogens is 2. The minimum atomic E-state index is -0.922. The SMILES string of the molecule is O=C(O)c1ccc(Cl)c2c1C1C=CCC1C(c1ccc(Cl)cc1)N2. The second kappa shape index (κ2) is 5.83. The van der Waals surface area contributed by atoms with E-state index in [4.69, 9.17) is 23.2 Å². The molecule has 1 aliphatic carbocycles. The number of anilines is 1. The molecule has 1 aliphatic heterocycles. The number of carboxylic acids is 1. The van der Waals surface area contributed by atoms with Crippen molar-refractivity contribution in [3.63, 3.8) is 0 Å². The molecule has 122 valence electrons. The van der Waals surface area contributed by atoms with Crippen molar-refractivity contribution in [1.29, 1.82) is 0 Å². The van der Waals surface area contributed by atoms with Crippen LogP contribution in [-0.2, 0) is 0 Å². The summed E-state index contributed by atoms with van der Waals surface area (Å²) in [4.78, 5) is 11.7. The lowest BCUT2D eigenvalue weighted by molar-refractivity contribution is 0.0695. The highest BCUT2D eigenvalue weighted by Gasteiger charge is 2.40. The maximum Gasteiger partial charge on any atom is 0.336 e. The number of fused-ring (bicyclic) bond motifs is 3. The van der Waals surface area contributed by atoms with E-state index in [0.29, 0.717) is 15.6 Å². The van der Waals surface area contributed by atoms with Gasteiger partial charge in [0, 0.05) is 10.9 Å². The Labute approximate surface area is 149 Å². The van der Waals surface area contributed by atoms with Gasteiger partial charge in [-0.2, -0.15) is 0 Å². The van der Waals surface area contributed by atoms with E-state index < -0.39 is 5.97 Å². The van der Waals surface area contributed by atoms with Crippen molar-refractivity contribution in [2.24, 2.45) is 5.92 Å². The molecular weight excluding hydrogens is 345 g/mol. The van der Waals surface area contributed by atoms with Gasteiger partial charge >= 0.3 is 5.97 Å². The summed E-state index contributed by atoms with van der Waals surface area (Å²) in [6.07, 6.45) is 5.13. The lowest BCUT2D eigenvalue weighted by Gasteiger charge is -2.38. The first kappa shape index (κ1) is 15.6. The molecule has 0 fully saturated rings. The average Bonchev–Trinajstić information content (AvgIpc) is 3.05. The van der Waals surface area contributed by atoms with E-state index in [1.54, 1.807) is 12.1 Å². The third-order valence-electron chi connectivity index (χ3n) is 4.93. The molecule has 0 aromatic heterocycles. The van der Waals surface area contributed by atoms with E-state index >= 15 is 0 Å². The van der Waals surface area contributed by atoms with Gasteiger partial charge in [-0.25, -0.2) is 4.79 Å². The van der Waals surface area contributed by atoms with Crippen LogP contribution in [0.15, 0.2) is 48.6 Å². The Bertz CT molecular complexity index is 845. The highest BCUT2D eigenvalue weighted by molar-refractivity contribution is 6.33. The van der Waals surface area contributed by atoms with Crippen LogP contribution in [0, 0.1) is 5.92 Å². The minimum absolute atomic E-state index is 0.0479. The zero-order valence-corrected chi connectivity index (χ0v) is 14.2. The first-order chi connectivity index (χ1) is 11.6. The van der Waals surface area contributed by atoms with E-state index in [1.807, 2.05) is 24.3 Å². The molecule has 0 bridgehead atoms. The Morgan fingerprint density at radius 3 is 2.58 bits per heavy atom. The summed E-state index contributed by atoms with van der Waals surface area (Å²) >= 11 is 12.4. The predicted octanol–water partition coefficient (Wildman–Crippen LogP) is 5.52. The summed E-state index contributed by atoms with van der Waals surface area (Å²) in [6.45, 7) is 0. The van der Waals surface area contributed by atoms with Crippen LogP contribution in [0.25, 0.3) is 0 Å². The van der Waals surface area contributed by atoms with Crippen LogP contribution in [0.3, 0.4) is 0 Å². The normalized spacial score (nSPS) is 24.2. The number of carboxylic acid groups (broad SMARTS) is 1. The van der Waals surface area contributed by atoms with Crippen molar-refractivity contribution >= 4 is 34.9 Å². The second-order valence-corrected chi connectivity index (χ2v) is 7.06. The largest absolute Gasteiger partial charge is 0.478 e. The predicted molar refractivity (Wildman–Crippen MR) is 96.2 cm³/mol. The van der Waals surface area contributed by atoms with E-state index in [0.717, 1.165) is 23.2 Å². The van der Waals surface area contributed by atoms with Gasteiger partial charge in [0.1, 0.15) is 0 Å². The van der Waals surface area contributed by atoms with E-state index in [1.165, 1.54) is 0 Å². The van der Waals surface area contributed by atoms with Crippen LogP contribution >= 0.6 is 23.2 Å². The number of carbonyl (C=O) groups is 1. The molecule has 2 aliphatic rings. The Kier molecular flexibility index (Phi) is 3.78. The van der Waals surface area contributed by atoms with Crippen molar-refractivity contribution in [2.75, 3.05) is 5.32 Å². The molecule has 0 spiro atoms. The number of allylic oxidation sites excluding steroid dienone is 2. The molecule has 2 aromatic rings. The molecule has 0 amide bonds. The lowest BCUT2D eigenvalue weighted by atomic mass is 9.75. The van der Waals surface area contributed by atoms with Crippen molar-refractivity contribution in [1.82, 2.24) is 0 Å². The van der Waals surface area contributed by atoms with E-state index in [2.05, 4.69) is 17.5 Å². The monoisotopic (exact) mass is 359 g/mol. The third kappa shape index (κ3) is 2.40. The zero-order valence-electron chi connectivity index (χ0n) is 12.7. The van der Waals surface area contributed by atoms with E-state index in [-0.39, 0.29) is 17.9 Å². The van der Waals surface area contributed by atoms with Crippen molar-refractivity contribution in [2.45, 2.75) is 18.4 Å². The summed E-state index contributed by atoms with van der Waals surface area (Å²) in [7, 11) is 0. The van der Waals surface area contributed by atoms with Gasteiger partial charge in [-0.1, -0.05) is 47.5 Å². The fraction of sp³-hybridized carbons (Fsp3) is 0.211. The molecule has 0 saturated heterocycles. The number of rotatable bonds is 2. The van der Waals surface area contributed by atoms with Gasteiger partial charge < -0.3 is 10.4 Å². The topological polar surface area (TPSA) is 49.3 Å². The van der Waals surface area contributed by atoms with Crippen LogP contribution in [0.1, 0.15) is 39.9 Å².